The number of hydrogen-bond acceptors (Lipinski definition) is 7. The summed E-state index contributed by atoms with van der Waals surface area (Å²) in [6.45, 7) is 3.60. The van der Waals surface area contributed by atoms with Crippen LogP contribution in [0.4, 0.5) is 5.95 Å². The third kappa shape index (κ3) is 5.75. The van der Waals surface area contributed by atoms with Crippen molar-refractivity contribution < 1.29 is 19.0 Å². The SMILES string of the molecule is C=CC(=O)NC1CCCCC1Nc1ncc(OCc2c(Cl)c(OC)cc(OC)c2Cl)cn1. The van der Waals surface area contributed by atoms with Gasteiger partial charge in [0.25, 0.3) is 0 Å². The quantitative estimate of drug-likeness (QED) is 0.513. The number of hydrogen-bond donors (Lipinski definition) is 2. The summed E-state index contributed by atoms with van der Waals surface area (Å²) in [5.41, 5.74) is 0.537. The largest absolute Gasteiger partial charge is 0.495 e. The van der Waals surface area contributed by atoms with Crippen molar-refractivity contribution in [2.45, 2.75) is 44.4 Å². The van der Waals surface area contributed by atoms with E-state index in [0.29, 0.717) is 38.8 Å². The highest BCUT2D eigenvalue weighted by molar-refractivity contribution is 6.37. The number of rotatable bonds is 9. The first-order chi connectivity index (χ1) is 15.5. The minimum atomic E-state index is -0.181. The molecule has 0 saturated heterocycles. The van der Waals surface area contributed by atoms with E-state index < -0.39 is 0 Å². The number of aromatic nitrogens is 2. The van der Waals surface area contributed by atoms with Gasteiger partial charge in [-0.2, -0.15) is 0 Å². The van der Waals surface area contributed by atoms with Gasteiger partial charge in [0.05, 0.1) is 36.7 Å². The molecule has 1 aliphatic carbocycles. The summed E-state index contributed by atoms with van der Waals surface area (Å²) in [4.78, 5) is 20.4. The van der Waals surface area contributed by atoms with Crippen LogP contribution in [-0.4, -0.2) is 42.2 Å². The molecule has 2 unspecified atom stereocenters. The summed E-state index contributed by atoms with van der Waals surface area (Å²) in [6.07, 6.45) is 8.36. The molecule has 2 atom stereocenters. The third-order valence-corrected chi connectivity index (χ3v) is 6.10. The van der Waals surface area contributed by atoms with E-state index in [1.807, 2.05) is 0 Å². The summed E-state index contributed by atoms with van der Waals surface area (Å²) < 4.78 is 16.3. The Morgan fingerprint density at radius 1 is 1.12 bits per heavy atom. The maximum absolute atomic E-state index is 11.7. The van der Waals surface area contributed by atoms with Crippen molar-refractivity contribution in [2.75, 3.05) is 19.5 Å². The molecule has 1 heterocycles. The van der Waals surface area contributed by atoms with Crippen LogP contribution in [-0.2, 0) is 11.4 Å². The standard InChI is InChI=1S/C22H26Cl2N4O4/c1-4-19(29)27-15-7-5-6-8-16(15)28-22-25-10-13(11-26-22)32-12-14-20(23)17(30-2)9-18(31-3)21(14)24/h4,9-11,15-16H,1,5-8,12H2,2-3H3,(H,27,29)(H,25,26,28). The second-order valence-electron chi connectivity index (χ2n) is 7.27. The fraction of sp³-hybridized carbons (Fsp3) is 0.409. The molecule has 1 aromatic heterocycles. The van der Waals surface area contributed by atoms with Crippen LogP contribution in [0.25, 0.3) is 0 Å². The van der Waals surface area contributed by atoms with Gasteiger partial charge in [-0.1, -0.05) is 42.6 Å². The lowest BCUT2D eigenvalue weighted by atomic mass is 9.90. The van der Waals surface area contributed by atoms with Crippen LogP contribution >= 0.6 is 23.2 Å². The van der Waals surface area contributed by atoms with Gasteiger partial charge in [-0.15, -0.1) is 0 Å². The zero-order valence-electron chi connectivity index (χ0n) is 18.0. The van der Waals surface area contributed by atoms with Gasteiger partial charge in [-0.05, 0) is 18.9 Å². The predicted octanol–water partition coefficient (Wildman–Crippen LogP) is 4.40. The zero-order chi connectivity index (χ0) is 23.1. The molecule has 1 saturated carbocycles. The second-order valence-corrected chi connectivity index (χ2v) is 8.03. The van der Waals surface area contributed by atoms with Gasteiger partial charge in [0, 0.05) is 23.7 Å². The molecular formula is C22H26Cl2N4O4. The molecule has 10 heteroatoms. The number of carbonyl (C=O) groups excluding carboxylic acids is 1. The van der Waals surface area contributed by atoms with Gasteiger partial charge in [0.2, 0.25) is 11.9 Å². The molecule has 2 aromatic rings. The van der Waals surface area contributed by atoms with E-state index in [1.54, 1.807) is 18.5 Å². The lowest BCUT2D eigenvalue weighted by molar-refractivity contribution is -0.117. The third-order valence-electron chi connectivity index (χ3n) is 5.27. The van der Waals surface area contributed by atoms with Crippen LogP contribution in [0.1, 0.15) is 31.2 Å². The molecule has 1 aromatic carbocycles. The molecule has 32 heavy (non-hydrogen) atoms. The van der Waals surface area contributed by atoms with Crippen molar-refractivity contribution in [3.05, 3.63) is 46.7 Å². The highest BCUT2D eigenvalue weighted by Crippen LogP contribution is 2.40. The Labute approximate surface area is 197 Å². The maximum Gasteiger partial charge on any atom is 0.243 e. The topological polar surface area (TPSA) is 94.6 Å². The van der Waals surface area contributed by atoms with E-state index in [4.69, 9.17) is 37.4 Å². The van der Waals surface area contributed by atoms with E-state index in [0.717, 1.165) is 25.7 Å². The number of ether oxygens (including phenoxy) is 3. The molecule has 2 N–H and O–H groups in total. The fourth-order valence-electron chi connectivity index (χ4n) is 3.57. The minimum absolute atomic E-state index is 0.00102. The Morgan fingerprint density at radius 2 is 1.72 bits per heavy atom. The fourth-order valence-corrected chi connectivity index (χ4v) is 4.18. The van der Waals surface area contributed by atoms with Crippen LogP contribution in [0.3, 0.4) is 0 Å². The summed E-state index contributed by atoms with van der Waals surface area (Å²) in [5, 5.41) is 6.98. The molecule has 3 rings (SSSR count). The number of amides is 1. The first-order valence-electron chi connectivity index (χ1n) is 10.2. The number of halogens is 2. The molecule has 0 bridgehead atoms. The lowest BCUT2D eigenvalue weighted by Crippen LogP contribution is -2.48. The predicted molar refractivity (Wildman–Crippen MR) is 124 cm³/mol. The van der Waals surface area contributed by atoms with Crippen molar-refractivity contribution in [2.24, 2.45) is 0 Å². The van der Waals surface area contributed by atoms with E-state index in [9.17, 15) is 4.79 Å². The van der Waals surface area contributed by atoms with Gasteiger partial charge >= 0.3 is 0 Å². The van der Waals surface area contributed by atoms with Crippen molar-refractivity contribution in [1.29, 1.82) is 0 Å². The highest BCUT2D eigenvalue weighted by Gasteiger charge is 2.26. The van der Waals surface area contributed by atoms with Crippen molar-refractivity contribution in [3.8, 4) is 17.2 Å². The number of nitrogens with one attached hydrogen (secondary N) is 2. The highest BCUT2D eigenvalue weighted by atomic mass is 35.5. The Hall–Kier alpha value is -2.71. The van der Waals surface area contributed by atoms with Crippen LogP contribution < -0.4 is 24.8 Å². The van der Waals surface area contributed by atoms with Crippen LogP contribution in [0.2, 0.25) is 10.0 Å². The molecule has 1 aliphatic rings. The molecule has 8 nitrogen and oxygen atoms in total. The first kappa shape index (κ1) is 23.9. The molecule has 0 radical (unpaired) electrons. The summed E-state index contributed by atoms with van der Waals surface area (Å²) in [7, 11) is 3.02. The van der Waals surface area contributed by atoms with E-state index >= 15 is 0 Å². The summed E-state index contributed by atoms with van der Waals surface area (Å²) in [5.74, 6) is 1.60. The van der Waals surface area contributed by atoms with Crippen molar-refractivity contribution in [1.82, 2.24) is 15.3 Å². The number of methoxy groups -OCH3 is 2. The molecule has 1 amide bonds. The zero-order valence-corrected chi connectivity index (χ0v) is 19.5. The molecule has 172 valence electrons. The minimum Gasteiger partial charge on any atom is -0.495 e. The average molecular weight is 481 g/mol. The summed E-state index contributed by atoms with van der Waals surface area (Å²) in [6, 6.07) is 1.66. The Kier molecular flexibility index (Phi) is 8.41. The van der Waals surface area contributed by atoms with Crippen molar-refractivity contribution in [3.63, 3.8) is 0 Å². The van der Waals surface area contributed by atoms with Crippen molar-refractivity contribution >= 4 is 35.1 Å². The maximum atomic E-state index is 11.7. The van der Waals surface area contributed by atoms with Gasteiger partial charge in [-0.25, -0.2) is 9.97 Å². The second kappa shape index (κ2) is 11.2. The van der Waals surface area contributed by atoms with Gasteiger partial charge in [0.1, 0.15) is 18.1 Å². The average Bonchev–Trinajstić information content (AvgIpc) is 2.81. The molecule has 1 fully saturated rings. The summed E-state index contributed by atoms with van der Waals surface area (Å²) >= 11 is 12.8. The monoisotopic (exact) mass is 480 g/mol. The Morgan fingerprint density at radius 3 is 2.28 bits per heavy atom. The number of anilines is 1. The van der Waals surface area contributed by atoms with Crippen LogP contribution in [0.15, 0.2) is 31.1 Å². The van der Waals surface area contributed by atoms with Crippen LogP contribution in [0, 0.1) is 0 Å². The number of nitrogens with zero attached hydrogens (tertiary/aromatic N) is 2. The number of carbonyl (C=O) groups is 1. The number of benzene rings is 1. The van der Waals surface area contributed by atoms with E-state index in [-0.39, 0.29) is 24.6 Å². The van der Waals surface area contributed by atoms with Crippen LogP contribution in [0.5, 0.6) is 17.2 Å². The smallest absolute Gasteiger partial charge is 0.243 e. The molecule has 0 spiro atoms. The van der Waals surface area contributed by atoms with E-state index in [2.05, 4.69) is 27.2 Å². The first-order valence-corrected chi connectivity index (χ1v) is 11.0. The Balaban J connectivity index is 1.65. The molecule has 0 aliphatic heterocycles. The van der Waals surface area contributed by atoms with Gasteiger partial charge in [0.15, 0.2) is 5.75 Å². The Bertz CT molecular complexity index is 928. The van der Waals surface area contributed by atoms with Gasteiger partial charge < -0.3 is 24.8 Å². The normalized spacial score (nSPS) is 17.9. The van der Waals surface area contributed by atoms with E-state index in [1.165, 1.54) is 20.3 Å². The van der Waals surface area contributed by atoms with Gasteiger partial charge in [-0.3, -0.25) is 4.79 Å². The lowest BCUT2D eigenvalue weighted by Gasteiger charge is -2.32. The molecular weight excluding hydrogens is 455 g/mol.